The molecule has 0 bridgehead atoms. The van der Waals surface area contributed by atoms with E-state index < -0.39 is 0 Å². The maximum Gasteiger partial charge on any atom is 0.273 e. The number of hydrogen-bond donors (Lipinski definition) is 2. The van der Waals surface area contributed by atoms with Crippen molar-refractivity contribution in [2.75, 3.05) is 0 Å². The number of nitrogens with one attached hydrogen (secondary N) is 2. The highest BCUT2D eigenvalue weighted by Crippen LogP contribution is 2.28. The molecule has 0 atom stereocenters. The Morgan fingerprint density at radius 3 is 2.65 bits per heavy atom. The highest BCUT2D eigenvalue weighted by Gasteiger charge is 2.15. The molecule has 5 heteroatoms. The largest absolute Gasteiger partial charge is 0.361 e. The van der Waals surface area contributed by atoms with Crippen molar-refractivity contribution < 1.29 is 0 Å². The first-order valence-corrected chi connectivity index (χ1v) is 8.46. The van der Waals surface area contributed by atoms with Gasteiger partial charge in [-0.25, -0.2) is 9.50 Å². The maximum absolute atomic E-state index is 12.7. The number of hydrogen-bond acceptors (Lipinski definition) is 2. The van der Waals surface area contributed by atoms with Crippen LogP contribution in [0.15, 0.2) is 71.7 Å². The van der Waals surface area contributed by atoms with Gasteiger partial charge < -0.3 is 4.98 Å². The summed E-state index contributed by atoms with van der Waals surface area (Å²) in [6.45, 7) is 1.96. The van der Waals surface area contributed by atoms with Gasteiger partial charge in [-0.05, 0) is 30.7 Å². The summed E-state index contributed by atoms with van der Waals surface area (Å²) in [4.78, 5) is 20.7. The maximum atomic E-state index is 12.7. The van der Waals surface area contributed by atoms with Crippen LogP contribution < -0.4 is 5.56 Å². The fourth-order valence-corrected chi connectivity index (χ4v) is 3.46. The van der Waals surface area contributed by atoms with Crippen LogP contribution in [0.1, 0.15) is 5.69 Å². The third-order valence-corrected chi connectivity index (χ3v) is 4.71. The zero-order valence-corrected chi connectivity index (χ0v) is 14.2. The highest BCUT2D eigenvalue weighted by atomic mass is 16.1. The van der Waals surface area contributed by atoms with E-state index in [2.05, 4.69) is 10.1 Å². The van der Waals surface area contributed by atoms with Gasteiger partial charge in [0.1, 0.15) is 0 Å². The Kier molecular flexibility index (Phi) is 3.09. The van der Waals surface area contributed by atoms with Gasteiger partial charge >= 0.3 is 0 Å². The minimum Gasteiger partial charge on any atom is -0.361 e. The normalized spacial score (nSPS) is 11.4. The lowest BCUT2D eigenvalue weighted by Gasteiger charge is -2.04. The number of aromatic amines is 2. The molecule has 0 aliphatic heterocycles. The van der Waals surface area contributed by atoms with Gasteiger partial charge in [0.2, 0.25) is 0 Å². The molecule has 3 heterocycles. The smallest absolute Gasteiger partial charge is 0.273 e. The number of benzene rings is 2. The van der Waals surface area contributed by atoms with Gasteiger partial charge in [0.25, 0.3) is 5.56 Å². The Morgan fingerprint density at radius 2 is 1.81 bits per heavy atom. The summed E-state index contributed by atoms with van der Waals surface area (Å²) in [7, 11) is 0. The summed E-state index contributed by atoms with van der Waals surface area (Å²) in [6.07, 6.45) is 1.91. The topological polar surface area (TPSA) is 65.9 Å². The Morgan fingerprint density at radius 1 is 0.962 bits per heavy atom. The second-order valence-electron chi connectivity index (χ2n) is 6.40. The summed E-state index contributed by atoms with van der Waals surface area (Å²) in [5.74, 6) is 0. The first-order chi connectivity index (χ1) is 12.7. The molecule has 0 saturated heterocycles. The van der Waals surface area contributed by atoms with Crippen molar-refractivity contribution in [1.29, 1.82) is 0 Å². The summed E-state index contributed by atoms with van der Waals surface area (Å²) < 4.78 is 1.51. The van der Waals surface area contributed by atoms with E-state index in [-0.39, 0.29) is 5.56 Å². The van der Waals surface area contributed by atoms with Crippen molar-refractivity contribution in [3.8, 4) is 22.4 Å². The molecule has 0 unspecified atom stereocenters. The van der Waals surface area contributed by atoms with Gasteiger partial charge in [-0.15, -0.1) is 0 Å². The molecule has 0 radical (unpaired) electrons. The zero-order valence-electron chi connectivity index (χ0n) is 14.2. The lowest BCUT2D eigenvalue weighted by molar-refractivity contribution is 0.882. The van der Waals surface area contributed by atoms with Crippen molar-refractivity contribution in [3.63, 3.8) is 0 Å². The van der Waals surface area contributed by atoms with Crippen LogP contribution in [0.2, 0.25) is 0 Å². The van der Waals surface area contributed by atoms with Gasteiger partial charge in [0.15, 0.2) is 5.65 Å². The molecule has 26 heavy (non-hydrogen) atoms. The number of nitrogens with zero attached hydrogens (tertiary/aromatic N) is 2. The molecule has 0 amide bonds. The SMILES string of the molecule is Cc1[nH]n2c(=O)cc(-c3ccc4[nH]ccc4c3)nc2c1-c1ccccc1. The minimum atomic E-state index is -0.121. The fourth-order valence-electron chi connectivity index (χ4n) is 3.46. The summed E-state index contributed by atoms with van der Waals surface area (Å²) in [6, 6.07) is 19.6. The molecular formula is C21H16N4O. The van der Waals surface area contributed by atoms with E-state index in [0.717, 1.165) is 33.3 Å². The summed E-state index contributed by atoms with van der Waals surface area (Å²) >= 11 is 0. The number of fused-ring (bicyclic) bond motifs is 2. The molecule has 5 nitrogen and oxygen atoms in total. The molecule has 0 aliphatic carbocycles. The predicted octanol–water partition coefficient (Wildman–Crippen LogP) is 4.15. The van der Waals surface area contributed by atoms with E-state index in [9.17, 15) is 4.79 Å². The van der Waals surface area contributed by atoms with Crippen LogP contribution in [0.4, 0.5) is 0 Å². The van der Waals surface area contributed by atoms with Gasteiger partial charge in [-0.3, -0.25) is 9.89 Å². The van der Waals surface area contributed by atoms with E-state index in [1.54, 1.807) is 6.07 Å². The molecule has 126 valence electrons. The van der Waals surface area contributed by atoms with Crippen molar-refractivity contribution in [3.05, 3.63) is 82.9 Å². The lowest BCUT2D eigenvalue weighted by atomic mass is 10.1. The van der Waals surface area contributed by atoms with Crippen LogP contribution in [0.3, 0.4) is 0 Å². The fraction of sp³-hybridized carbons (Fsp3) is 0.0476. The van der Waals surface area contributed by atoms with E-state index in [4.69, 9.17) is 4.98 Å². The minimum absolute atomic E-state index is 0.121. The third kappa shape index (κ3) is 2.18. The molecule has 2 N–H and O–H groups in total. The molecule has 0 spiro atoms. The highest BCUT2D eigenvalue weighted by molar-refractivity contribution is 5.85. The molecule has 0 fully saturated rings. The summed E-state index contributed by atoms with van der Waals surface area (Å²) in [5, 5.41) is 4.23. The lowest BCUT2D eigenvalue weighted by Crippen LogP contribution is -2.14. The second-order valence-corrected chi connectivity index (χ2v) is 6.40. The zero-order chi connectivity index (χ0) is 17.7. The van der Waals surface area contributed by atoms with Gasteiger partial charge in [-0.2, -0.15) is 0 Å². The number of rotatable bonds is 2. The Labute approximate surface area is 148 Å². The molecule has 3 aromatic heterocycles. The predicted molar refractivity (Wildman–Crippen MR) is 103 cm³/mol. The van der Waals surface area contributed by atoms with E-state index in [1.165, 1.54) is 4.52 Å². The third-order valence-electron chi connectivity index (χ3n) is 4.71. The number of H-pyrrole nitrogens is 2. The van der Waals surface area contributed by atoms with Gasteiger partial charge in [0, 0.05) is 40.0 Å². The van der Waals surface area contributed by atoms with E-state index in [0.29, 0.717) is 11.3 Å². The van der Waals surface area contributed by atoms with Crippen molar-refractivity contribution in [2.45, 2.75) is 6.92 Å². The molecule has 5 rings (SSSR count). The van der Waals surface area contributed by atoms with E-state index >= 15 is 0 Å². The average molecular weight is 340 g/mol. The molecular weight excluding hydrogens is 324 g/mol. The quantitative estimate of drug-likeness (QED) is 0.507. The Bertz CT molecular complexity index is 1310. The van der Waals surface area contributed by atoms with Crippen molar-refractivity contribution in [1.82, 2.24) is 19.6 Å². The first kappa shape index (κ1) is 14.7. The first-order valence-electron chi connectivity index (χ1n) is 8.46. The van der Waals surface area contributed by atoms with Crippen molar-refractivity contribution >= 4 is 16.6 Å². The van der Waals surface area contributed by atoms with Crippen LogP contribution in [0, 0.1) is 6.92 Å². The van der Waals surface area contributed by atoms with E-state index in [1.807, 2.05) is 67.7 Å². The number of aryl methyl sites for hydroxylation is 1. The number of aromatic nitrogens is 4. The van der Waals surface area contributed by atoms with Crippen molar-refractivity contribution in [2.24, 2.45) is 0 Å². The second kappa shape index (κ2) is 5.46. The molecule has 0 saturated carbocycles. The average Bonchev–Trinajstić information content (AvgIpc) is 3.25. The van der Waals surface area contributed by atoms with Crippen LogP contribution in [0.25, 0.3) is 38.9 Å². The van der Waals surface area contributed by atoms with Gasteiger partial charge in [-0.1, -0.05) is 36.4 Å². The van der Waals surface area contributed by atoms with Crippen LogP contribution in [-0.2, 0) is 0 Å². The monoisotopic (exact) mass is 340 g/mol. The summed E-state index contributed by atoms with van der Waals surface area (Å²) in [5.41, 5.74) is 6.09. The van der Waals surface area contributed by atoms with Crippen LogP contribution in [0.5, 0.6) is 0 Å². The van der Waals surface area contributed by atoms with Crippen LogP contribution in [-0.4, -0.2) is 19.6 Å². The molecule has 5 aromatic rings. The Balaban J connectivity index is 1.79. The molecule has 0 aliphatic rings. The van der Waals surface area contributed by atoms with Crippen LogP contribution >= 0.6 is 0 Å². The van der Waals surface area contributed by atoms with Gasteiger partial charge in [0.05, 0.1) is 5.69 Å². The Hall–Kier alpha value is -3.60. The molecule has 2 aromatic carbocycles. The standard InChI is InChI=1S/C21H16N4O/c1-13-20(14-5-3-2-4-6-14)21-23-18(12-19(26)25(21)24-13)15-7-8-17-16(11-15)9-10-22-17/h2-12,22,24H,1H3.